The second-order valence-corrected chi connectivity index (χ2v) is 3.88. The molecular formula is C14H11FN2O. The van der Waals surface area contributed by atoms with Gasteiger partial charge in [0.1, 0.15) is 11.6 Å². The zero-order valence-electron chi connectivity index (χ0n) is 9.77. The first-order valence-electron chi connectivity index (χ1n) is 5.34. The molecule has 0 unspecified atom stereocenters. The van der Waals surface area contributed by atoms with Crippen molar-refractivity contribution < 1.29 is 9.13 Å². The van der Waals surface area contributed by atoms with Crippen LogP contribution in [0.1, 0.15) is 11.1 Å². The lowest BCUT2D eigenvalue weighted by Crippen LogP contribution is -1.94. The van der Waals surface area contributed by atoms with Gasteiger partial charge in [-0.3, -0.25) is 0 Å². The Labute approximate surface area is 104 Å². The second kappa shape index (κ2) is 4.76. The molecule has 2 N–H and O–H groups in total. The number of nitrogens with two attached hydrogens (primary N) is 1. The molecule has 0 aliphatic carbocycles. The van der Waals surface area contributed by atoms with E-state index in [2.05, 4.69) is 0 Å². The Morgan fingerprint density at radius 3 is 2.67 bits per heavy atom. The molecule has 0 spiro atoms. The van der Waals surface area contributed by atoms with Gasteiger partial charge in [0.25, 0.3) is 0 Å². The monoisotopic (exact) mass is 242 g/mol. The van der Waals surface area contributed by atoms with Gasteiger partial charge in [0.15, 0.2) is 5.75 Å². The number of aryl methyl sites for hydroxylation is 1. The lowest BCUT2D eigenvalue weighted by molar-refractivity contribution is 0.475. The molecule has 0 heterocycles. The molecule has 0 aromatic heterocycles. The van der Waals surface area contributed by atoms with Crippen LogP contribution in [-0.2, 0) is 0 Å². The summed E-state index contributed by atoms with van der Waals surface area (Å²) in [6.07, 6.45) is 0. The van der Waals surface area contributed by atoms with Crippen molar-refractivity contribution in [2.24, 2.45) is 0 Å². The molecule has 0 radical (unpaired) electrons. The van der Waals surface area contributed by atoms with Crippen molar-refractivity contribution in [3.63, 3.8) is 0 Å². The summed E-state index contributed by atoms with van der Waals surface area (Å²) in [5.74, 6) is 0.352. The van der Waals surface area contributed by atoms with Gasteiger partial charge in [0.05, 0.1) is 17.3 Å². The van der Waals surface area contributed by atoms with Gasteiger partial charge in [-0.15, -0.1) is 0 Å². The minimum Gasteiger partial charge on any atom is -0.455 e. The lowest BCUT2D eigenvalue weighted by Gasteiger charge is -2.11. The third-order valence-corrected chi connectivity index (χ3v) is 2.51. The molecule has 0 saturated heterocycles. The number of halogens is 1. The standard InChI is InChI=1S/C14H11FN2O/c1-9-2-4-11(15)7-13(9)18-14-6-10(8-16)3-5-12(14)17/h2-7H,17H2,1H3. The predicted octanol–water partition coefficient (Wildman–Crippen LogP) is 3.38. The van der Waals surface area contributed by atoms with Crippen LogP contribution in [0.4, 0.5) is 10.1 Å². The zero-order valence-corrected chi connectivity index (χ0v) is 9.77. The molecule has 0 fully saturated rings. The van der Waals surface area contributed by atoms with Crippen molar-refractivity contribution in [3.8, 4) is 17.6 Å². The van der Waals surface area contributed by atoms with Gasteiger partial charge >= 0.3 is 0 Å². The van der Waals surface area contributed by atoms with Crippen molar-refractivity contribution in [2.75, 3.05) is 5.73 Å². The van der Waals surface area contributed by atoms with Crippen LogP contribution < -0.4 is 10.5 Å². The molecule has 2 aromatic rings. The summed E-state index contributed by atoms with van der Waals surface area (Å²) in [5, 5.41) is 8.81. The zero-order chi connectivity index (χ0) is 13.1. The number of nitrogens with zero attached hydrogens (tertiary/aromatic N) is 1. The highest BCUT2D eigenvalue weighted by Crippen LogP contribution is 2.30. The van der Waals surface area contributed by atoms with Crippen LogP contribution >= 0.6 is 0 Å². The Kier molecular flexibility index (Phi) is 3.16. The summed E-state index contributed by atoms with van der Waals surface area (Å²) in [6.45, 7) is 1.80. The predicted molar refractivity (Wildman–Crippen MR) is 66.8 cm³/mol. The number of hydrogen-bond donors (Lipinski definition) is 1. The van der Waals surface area contributed by atoms with Crippen molar-refractivity contribution >= 4 is 5.69 Å². The van der Waals surface area contributed by atoms with E-state index in [1.165, 1.54) is 18.2 Å². The van der Waals surface area contributed by atoms with E-state index in [0.29, 0.717) is 22.7 Å². The van der Waals surface area contributed by atoms with Gasteiger partial charge in [0.2, 0.25) is 0 Å². The fourth-order valence-corrected chi connectivity index (χ4v) is 1.49. The first kappa shape index (κ1) is 11.9. The molecule has 0 aliphatic heterocycles. The van der Waals surface area contributed by atoms with Crippen molar-refractivity contribution in [1.82, 2.24) is 0 Å². The number of anilines is 1. The molecule has 0 aliphatic rings. The fourth-order valence-electron chi connectivity index (χ4n) is 1.49. The highest BCUT2D eigenvalue weighted by atomic mass is 19.1. The fraction of sp³-hybridized carbons (Fsp3) is 0.0714. The van der Waals surface area contributed by atoms with Gasteiger partial charge in [-0.25, -0.2) is 4.39 Å². The minimum atomic E-state index is -0.384. The van der Waals surface area contributed by atoms with Gasteiger partial charge < -0.3 is 10.5 Å². The Morgan fingerprint density at radius 2 is 1.94 bits per heavy atom. The summed E-state index contributed by atoms with van der Waals surface area (Å²) in [4.78, 5) is 0. The molecule has 4 heteroatoms. The van der Waals surface area contributed by atoms with Crippen LogP contribution in [0.25, 0.3) is 0 Å². The molecule has 0 atom stereocenters. The summed E-state index contributed by atoms with van der Waals surface area (Å²) in [6, 6.07) is 11.0. The molecule has 18 heavy (non-hydrogen) atoms. The maximum Gasteiger partial charge on any atom is 0.151 e. The van der Waals surface area contributed by atoms with E-state index in [4.69, 9.17) is 15.7 Å². The Bertz CT molecular complexity index is 632. The quantitative estimate of drug-likeness (QED) is 0.821. The van der Waals surface area contributed by atoms with E-state index in [9.17, 15) is 4.39 Å². The van der Waals surface area contributed by atoms with Gasteiger partial charge in [-0.2, -0.15) is 5.26 Å². The molecule has 0 amide bonds. The van der Waals surface area contributed by atoms with Crippen molar-refractivity contribution in [1.29, 1.82) is 5.26 Å². The lowest BCUT2D eigenvalue weighted by atomic mass is 10.2. The number of rotatable bonds is 2. The van der Waals surface area contributed by atoms with Crippen LogP contribution in [0, 0.1) is 24.1 Å². The van der Waals surface area contributed by atoms with Gasteiger partial charge in [0, 0.05) is 12.1 Å². The largest absolute Gasteiger partial charge is 0.455 e. The van der Waals surface area contributed by atoms with Crippen molar-refractivity contribution in [2.45, 2.75) is 6.92 Å². The number of nitriles is 1. The Balaban J connectivity index is 2.39. The van der Waals surface area contributed by atoms with E-state index in [0.717, 1.165) is 5.56 Å². The maximum absolute atomic E-state index is 13.1. The normalized spacial score (nSPS) is 9.83. The number of ether oxygens (including phenoxy) is 1. The molecule has 3 nitrogen and oxygen atoms in total. The van der Waals surface area contributed by atoms with Crippen LogP contribution in [0.3, 0.4) is 0 Å². The first-order chi connectivity index (χ1) is 8.60. The van der Waals surface area contributed by atoms with E-state index < -0.39 is 0 Å². The number of hydrogen-bond acceptors (Lipinski definition) is 3. The average Bonchev–Trinajstić information content (AvgIpc) is 2.36. The highest BCUT2D eigenvalue weighted by Gasteiger charge is 2.07. The summed E-state index contributed by atoms with van der Waals surface area (Å²) < 4.78 is 18.7. The third-order valence-electron chi connectivity index (χ3n) is 2.51. The number of nitrogen functional groups attached to an aromatic ring is 1. The van der Waals surface area contributed by atoms with Crippen LogP contribution in [0.15, 0.2) is 36.4 Å². The smallest absolute Gasteiger partial charge is 0.151 e. The van der Waals surface area contributed by atoms with Crippen molar-refractivity contribution in [3.05, 3.63) is 53.3 Å². The average molecular weight is 242 g/mol. The summed E-state index contributed by atoms with van der Waals surface area (Å²) in [5.41, 5.74) is 7.38. The summed E-state index contributed by atoms with van der Waals surface area (Å²) in [7, 11) is 0. The van der Waals surface area contributed by atoms with Gasteiger partial charge in [-0.05, 0) is 30.7 Å². The third kappa shape index (κ3) is 2.41. The second-order valence-electron chi connectivity index (χ2n) is 3.88. The first-order valence-corrected chi connectivity index (χ1v) is 5.34. The van der Waals surface area contributed by atoms with Crippen LogP contribution in [-0.4, -0.2) is 0 Å². The van der Waals surface area contributed by atoms with E-state index in [1.807, 2.05) is 6.07 Å². The minimum absolute atomic E-state index is 0.350. The number of benzene rings is 2. The van der Waals surface area contributed by atoms with Crippen LogP contribution in [0.2, 0.25) is 0 Å². The molecular weight excluding hydrogens is 231 g/mol. The molecule has 2 rings (SSSR count). The van der Waals surface area contributed by atoms with E-state index >= 15 is 0 Å². The maximum atomic E-state index is 13.1. The molecule has 0 bridgehead atoms. The van der Waals surface area contributed by atoms with E-state index in [1.54, 1.807) is 25.1 Å². The molecule has 2 aromatic carbocycles. The Hall–Kier alpha value is -2.54. The topological polar surface area (TPSA) is 59.0 Å². The molecule has 90 valence electrons. The van der Waals surface area contributed by atoms with Gasteiger partial charge in [-0.1, -0.05) is 6.07 Å². The van der Waals surface area contributed by atoms with Crippen LogP contribution in [0.5, 0.6) is 11.5 Å². The highest BCUT2D eigenvalue weighted by molar-refractivity contribution is 5.57. The molecule has 0 saturated carbocycles. The van der Waals surface area contributed by atoms with E-state index in [-0.39, 0.29) is 5.82 Å². The SMILES string of the molecule is Cc1ccc(F)cc1Oc1cc(C#N)ccc1N. The Morgan fingerprint density at radius 1 is 1.17 bits per heavy atom. The summed E-state index contributed by atoms with van der Waals surface area (Å²) >= 11 is 0.